The largest absolute Gasteiger partial charge is 0.332 e. The summed E-state index contributed by atoms with van der Waals surface area (Å²) < 4.78 is -0.492. The highest BCUT2D eigenvalue weighted by atomic mass is 35.5. The minimum Gasteiger partial charge on any atom is -0.0580 e. The maximum Gasteiger partial charge on any atom is 0.332 e. The molecule has 5 atom stereocenters. The Labute approximate surface area is 152 Å². The number of rotatable bonds is 0. The van der Waals surface area contributed by atoms with E-state index >= 15 is 0 Å². The van der Waals surface area contributed by atoms with Gasteiger partial charge in [0.15, 0.2) is 0 Å². The van der Waals surface area contributed by atoms with Crippen molar-refractivity contribution in [2.75, 3.05) is 0 Å². The lowest BCUT2D eigenvalue weighted by molar-refractivity contribution is 0.777. The third-order valence-corrected chi connectivity index (χ3v) is 23.6. The normalized spacial score (nSPS) is 43.4. The average molecular weight is 389 g/mol. The second-order valence-electron chi connectivity index (χ2n) is 8.10. The summed E-state index contributed by atoms with van der Waals surface area (Å²) in [4.78, 5) is 0. The van der Waals surface area contributed by atoms with Crippen LogP contribution in [0.25, 0.3) is 0 Å². The number of alkyl halides is 2. The van der Waals surface area contributed by atoms with Crippen molar-refractivity contribution in [2.45, 2.75) is 79.8 Å². The monoisotopic (exact) mass is 388 g/mol. The molecular weight excluding hydrogens is 361 g/mol. The molecule has 0 bridgehead atoms. The van der Waals surface area contributed by atoms with Gasteiger partial charge >= 0.3 is 3.82 Å². The molecule has 0 aliphatic carbocycles. The van der Waals surface area contributed by atoms with Gasteiger partial charge in [-0.25, -0.2) is 0 Å². The zero-order valence-electron chi connectivity index (χ0n) is 14.6. The molecule has 4 heteroatoms. The molecule has 0 nitrogen and oxygen atoms in total. The van der Waals surface area contributed by atoms with E-state index in [1.165, 1.54) is 25.7 Å². The van der Waals surface area contributed by atoms with Crippen LogP contribution in [0.2, 0.25) is 0 Å². The highest BCUT2D eigenvalue weighted by molar-refractivity contribution is 8.10. The van der Waals surface area contributed by atoms with E-state index in [9.17, 15) is 0 Å². The predicted octanol–water partition coefficient (Wildman–Crippen LogP) is 6.22. The van der Waals surface area contributed by atoms with Crippen molar-refractivity contribution in [3.05, 3.63) is 24.3 Å². The minimum atomic E-state index is -1.58. The second kappa shape index (κ2) is 5.33. The Morgan fingerprint density at radius 1 is 0.739 bits per heavy atom. The molecule has 0 amide bonds. The molecule has 3 heterocycles. The fourth-order valence-corrected chi connectivity index (χ4v) is 27.7. The van der Waals surface area contributed by atoms with E-state index in [2.05, 4.69) is 52.0 Å². The maximum atomic E-state index is 7.60. The molecule has 3 aliphatic heterocycles. The van der Waals surface area contributed by atoms with Gasteiger partial charge in [-0.05, 0) is 88.7 Å². The van der Waals surface area contributed by atoms with Gasteiger partial charge in [0, 0.05) is 0 Å². The summed E-state index contributed by atoms with van der Waals surface area (Å²) in [6.07, 6.45) is 5.20. The van der Waals surface area contributed by atoms with Crippen LogP contribution in [0.3, 0.4) is 0 Å². The van der Waals surface area contributed by atoms with Crippen LogP contribution in [0.4, 0.5) is 0 Å². The zero-order chi connectivity index (χ0) is 16.6. The van der Waals surface area contributed by atoms with E-state index in [0.29, 0.717) is 22.6 Å². The highest BCUT2D eigenvalue weighted by Gasteiger charge is 2.88. The average Bonchev–Trinajstić information content (AvgIpc) is 3.04. The Bertz CT molecular complexity index is 569. The molecule has 126 valence electrons. The molecule has 1 aromatic carbocycles. The van der Waals surface area contributed by atoms with E-state index in [0.717, 1.165) is 0 Å². The standard InChI is InChI=1S/C19H28Cl2P2/c1-13-9-10-14(2)22(13)17-7-5-6-8-18(17)23(19(22,20)21)15(3)11-12-16(23)4/h5-8,13-16H,9-12H2,1-4H3/q+2/t13-,14-,15-,16?,23?/m0/s1. The molecule has 1 aromatic rings. The molecule has 0 N–H and O–H groups in total. The lowest BCUT2D eigenvalue weighted by Gasteiger charge is -2.39. The van der Waals surface area contributed by atoms with Crippen molar-refractivity contribution in [3.63, 3.8) is 0 Å². The van der Waals surface area contributed by atoms with Gasteiger partial charge in [-0.15, -0.1) is 0 Å². The quantitative estimate of drug-likeness (QED) is 0.365. The number of hydrogen-bond donors (Lipinski definition) is 0. The summed E-state index contributed by atoms with van der Waals surface area (Å²) in [5.74, 6) is 0. The Morgan fingerprint density at radius 3 is 1.35 bits per heavy atom. The van der Waals surface area contributed by atoms with E-state index in [-0.39, 0.29) is 0 Å². The minimum absolute atomic E-state index is 0.492. The van der Waals surface area contributed by atoms with Crippen LogP contribution >= 0.6 is 37.7 Å². The number of hydrogen-bond acceptors (Lipinski definition) is 0. The lowest BCUT2D eigenvalue weighted by atomic mass is 10.2. The number of halogens is 2. The first-order valence-electron chi connectivity index (χ1n) is 9.07. The third-order valence-electron chi connectivity index (χ3n) is 7.35. The fraction of sp³-hybridized carbons (Fsp3) is 0.684. The molecule has 0 aromatic heterocycles. The van der Waals surface area contributed by atoms with Crippen molar-refractivity contribution in [3.8, 4) is 0 Å². The first-order valence-corrected chi connectivity index (χ1v) is 13.7. The van der Waals surface area contributed by atoms with Gasteiger partial charge < -0.3 is 0 Å². The van der Waals surface area contributed by atoms with Gasteiger partial charge in [0.05, 0.1) is 22.6 Å². The first-order chi connectivity index (χ1) is 10.8. The Kier molecular flexibility index (Phi) is 3.96. The summed E-state index contributed by atoms with van der Waals surface area (Å²) in [7, 11) is -3.16. The molecule has 2 fully saturated rings. The highest BCUT2D eigenvalue weighted by Crippen LogP contribution is 3.00. The molecule has 4 rings (SSSR count). The van der Waals surface area contributed by atoms with Crippen molar-refractivity contribution < 1.29 is 0 Å². The van der Waals surface area contributed by atoms with Crippen LogP contribution in [-0.4, -0.2) is 26.5 Å². The van der Waals surface area contributed by atoms with Gasteiger partial charge in [0.1, 0.15) is 25.1 Å². The van der Waals surface area contributed by atoms with Crippen LogP contribution in [-0.2, 0) is 0 Å². The number of benzene rings is 1. The van der Waals surface area contributed by atoms with Crippen molar-refractivity contribution >= 4 is 48.3 Å². The molecular formula is C19H28Cl2P2+2. The summed E-state index contributed by atoms with van der Waals surface area (Å²) >= 11 is 15.2. The van der Waals surface area contributed by atoms with E-state index in [4.69, 9.17) is 23.2 Å². The predicted molar refractivity (Wildman–Crippen MR) is 110 cm³/mol. The maximum absolute atomic E-state index is 7.60. The third kappa shape index (κ3) is 1.69. The molecule has 2 saturated heterocycles. The Balaban J connectivity index is 2.10. The van der Waals surface area contributed by atoms with Crippen LogP contribution in [0.15, 0.2) is 24.3 Å². The lowest BCUT2D eigenvalue weighted by Crippen LogP contribution is -2.33. The smallest absolute Gasteiger partial charge is 0.0580 e. The van der Waals surface area contributed by atoms with Gasteiger partial charge in [0.2, 0.25) is 0 Å². The van der Waals surface area contributed by atoms with Crippen molar-refractivity contribution in [2.24, 2.45) is 0 Å². The second-order valence-corrected chi connectivity index (χ2v) is 19.8. The SMILES string of the molecule is CC1CC[C@H](C)[P+]12c1ccccc1[P+]1([C@@H](C)CC[C@@H]1C)C2(Cl)Cl. The van der Waals surface area contributed by atoms with Crippen molar-refractivity contribution in [1.82, 2.24) is 0 Å². The van der Waals surface area contributed by atoms with E-state index < -0.39 is 18.3 Å². The number of fused-ring (bicyclic) bond motifs is 3. The topological polar surface area (TPSA) is 0 Å². The van der Waals surface area contributed by atoms with Gasteiger partial charge in [-0.2, -0.15) is 0 Å². The van der Waals surface area contributed by atoms with E-state index in [1.807, 2.05) is 0 Å². The first kappa shape index (κ1) is 17.1. The summed E-state index contributed by atoms with van der Waals surface area (Å²) in [5.41, 5.74) is 2.70. The van der Waals surface area contributed by atoms with Crippen molar-refractivity contribution in [1.29, 1.82) is 0 Å². The molecule has 2 unspecified atom stereocenters. The summed E-state index contributed by atoms with van der Waals surface area (Å²) in [6, 6.07) is 9.28. The Hall–Kier alpha value is 0.660. The van der Waals surface area contributed by atoms with Crippen LogP contribution in [0.1, 0.15) is 53.4 Å². The Morgan fingerprint density at radius 2 is 1.04 bits per heavy atom. The fourth-order valence-electron chi connectivity index (χ4n) is 6.31. The molecule has 2 spiro atoms. The zero-order valence-corrected chi connectivity index (χ0v) is 17.9. The van der Waals surface area contributed by atoms with Crippen LogP contribution < -0.4 is 10.6 Å². The molecule has 0 radical (unpaired) electrons. The van der Waals surface area contributed by atoms with Crippen LogP contribution in [0, 0.1) is 0 Å². The van der Waals surface area contributed by atoms with E-state index in [1.54, 1.807) is 10.6 Å². The van der Waals surface area contributed by atoms with Gasteiger partial charge in [0.25, 0.3) is 0 Å². The summed E-state index contributed by atoms with van der Waals surface area (Å²) in [5, 5.41) is 3.24. The van der Waals surface area contributed by atoms with Gasteiger partial charge in [-0.1, -0.05) is 12.1 Å². The van der Waals surface area contributed by atoms with Gasteiger partial charge in [-0.3, -0.25) is 0 Å². The van der Waals surface area contributed by atoms with Crippen LogP contribution in [0.5, 0.6) is 0 Å². The summed E-state index contributed by atoms with van der Waals surface area (Å²) in [6.45, 7) is 9.78. The molecule has 3 aliphatic rings. The molecule has 0 saturated carbocycles. The molecule has 23 heavy (non-hydrogen) atoms.